The summed E-state index contributed by atoms with van der Waals surface area (Å²) in [7, 11) is 0. The minimum atomic E-state index is -1.04. The van der Waals surface area contributed by atoms with Crippen LogP contribution >= 0.6 is 0 Å². The van der Waals surface area contributed by atoms with Gasteiger partial charge in [0, 0.05) is 38.2 Å². The topological polar surface area (TPSA) is 95.9 Å². The van der Waals surface area contributed by atoms with E-state index >= 15 is 0 Å². The van der Waals surface area contributed by atoms with Crippen molar-refractivity contribution in [1.82, 2.24) is 4.90 Å². The van der Waals surface area contributed by atoms with Crippen LogP contribution in [0, 0.1) is 17.2 Å². The number of carboxylic acid groups (broad SMARTS) is 1. The molecule has 0 aliphatic carbocycles. The number of anilines is 1. The van der Waals surface area contributed by atoms with Gasteiger partial charge in [-0.15, -0.1) is 0 Å². The first kappa shape index (κ1) is 17.3. The molecular weight excluding hydrogens is 331 g/mol. The largest absolute Gasteiger partial charge is 0.481 e. The van der Waals surface area contributed by atoms with Gasteiger partial charge >= 0.3 is 5.97 Å². The highest BCUT2D eigenvalue weighted by Crippen LogP contribution is 2.43. The Labute approximate surface area is 143 Å². The number of hydrogen-bond acceptors (Lipinski definition) is 4. The summed E-state index contributed by atoms with van der Waals surface area (Å²) in [6.45, 7) is 2.14. The maximum atomic E-state index is 14.1. The first-order valence-corrected chi connectivity index (χ1v) is 8.01. The van der Waals surface area contributed by atoms with E-state index < -0.39 is 23.1 Å². The van der Waals surface area contributed by atoms with Crippen molar-refractivity contribution in [3.63, 3.8) is 0 Å². The number of benzene rings is 1. The van der Waals surface area contributed by atoms with Crippen molar-refractivity contribution in [2.75, 3.05) is 31.6 Å². The Bertz CT molecular complexity index is 738. The Balaban J connectivity index is 1.87. The molecule has 2 amide bonds. The number of amides is 2. The SMILES string of the molecule is CC(=O)Nc1ccc(F)c(C(=O)N2C[C@H]3COCC[C@@]3(C(=O)O)C2)c1. The Morgan fingerprint density at radius 1 is 1.40 bits per heavy atom. The van der Waals surface area contributed by atoms with Gasteiger partial charge in [0.15, 0.2) is 0 Å². The van der Waals surface area contributed by atoms with Crippen molar-refractivity contribution in [3.05, 3.63) is 29.6 Å². The minimum absolute atomic E-state index is 0.0268. The van der Waals surface area contributed by atoms with Gasteiger partial charge in [0.25, 0.3) is 5.91 Å². The number of halogens is 1. The number of rotatable bonds is 3. The summed E-state index contributed by atoms with van der Waals surface area (Å²) >= 11 is 0. The van der Waals surface area contributed by atoms with Crippen LogP contribution in [0.1, 0.15) is 23.7 Å². The Hall–Kier alpha value is -2.48. The molecule has 0 bridgehead atoms. The quantitative estimate of drug-likeness (QED) is 0.858. The Morgan fingerprint density at radius 2 is 2.16 bits per heavy atom. The van der Waals surface area contributed by atoms with Crippen molar-refractivity contribution in [2.45, 2.75) is 13.3 Å². The molecule has 2 atom stereocenters. The van der Waals surface area contributed by atoms with Crippen molar-refractivity contribution in [2.24, 2.45) is 11.3 Å². The highest BCUT2D eigenvalue weighted by Gasteiger charge is 2.55. The number of nitrogens with one attached hydrogen (secondary N) is 1. The fraction of sp³-hybridized carbons (Fsp3) is 0.471. The van der Waals surface area contributed by atoms with E-state index in [-0.39, 0.29) is 37.1 Å². The third-order valence-electron chi connectivity index (χ3n) is 4.94. The maximum absolute atomic E-state index is 14.1. The van der Waals surface area contributed by atoms with Crippen LogP contribution in [0.15, 0.2) is 18.2 Å². The van der Waals surface area contributed by atoms with Crippen molar-refractivity contribution in [1.29, 1.82) is 0 Å². The summed E-state index contributed by atoms with van der Waals surface area (Å²) in [6, 6.07) is 3.74. The van der Waals surface area contributed by atoms with E-state index in [4.69, 9.17) is 4.74 Å². The molecule has 2 saturated heterocycles. The summed E-state index contributed by atoms with van der Waals surface area (Å²) in [6.07, 6.45) is 0.325. The van der Waals surface area contributed by atoms with Crippen LogP contribution in [0.2, 0.25) is 0 Å². The third-order valence-corrected chi connectivity index (χ3v) is 4.94. The van der Waals surface area contributed by atoms with Crippen LogP contribution in [-0.2, 0) is 14.3 Å². The van der Waals surface area contributed by atoms with E-state index in [1.807, 2.05) is 0 Å². The van der Waals surface area contributed by atoms with Gasteiger partial charge in [0.05, 0.1) is 17.6 Å². The second kappa shape index (κ2) is 6.44. The fourth-order valence-corrected chi connectivity index (χ4v) is 3.59. The van der Waals surface area contributed by atoms with Crippen LogP contribution in [0.5, 0.6) is 0 Å². The average Bonchev–Trinajstić information content (AvgIpc) is 2.96. The fourth-order valence-electron chi connectivity index (χ4n) is 3.59. The number of carbonyl (C=O) groups is 3. The van der Waals surface area contributed by atoms with Gasteiger partial charge < -0.3 is 20.1 Å². The molecular formula is C17H19FN2O5. The smallest absolute Gasteiger partial charge is 0.311 e. The second-order valence-electron chi connectivity index (χ2n) is 6.54. The van der Waals surface area contributed by atoms with E-state index in [1.165, 1.54) is 24.0 Å². The standard InChI is InChI=1S/C17H19FN2O5/c1-10(21)19-12-2-3-14(18)13(6-12)15(22)20-7-11-8-25-5-4-17(11,9-20)16(23)24/h2-3,6,11H,4-5,7-9H2,1H3,(H,19,21)(H,23,24)/t11-,17+/m0/s1. The highest BCUT2D eigenvalue weighted by molar-refractivity contribution is 5.97. The lowest BCUT2D eigenvalue weighted by Crippen LogP contribution is -2.45. The number of nitrogens with zero attached hydrogens (tertiary/aromatic N) is 1. The van der Waals surface area contributed by atoms with Crippen molar-refractivity contribution >= 4 is 23.5 Å². The summed E-state index contributed by atoms with van der Waals surface area (Å²) < 4.78 is 19.5. The molecule has 0 aromatic heterocycles. The molecule has 0 saturated carbocycles. The van der Waals surface area contributed by atoms with Gasteiger partial charge in [-0.25, -0.2) is 4.39 Å². The number of carbonyl (C=O) groups excluding carboxylic acids is 2. The molecule has 8 heteroatoms. The molecule has 25 heavy (non-hydrogen) atoms. The summed E-state index contributed by atoms with van der Waals surface area (Å²) in [5.41, 5.74) is -0.920. The molecule has 0 unspecified atom stereocenters. The Kier molecular flexibility index (Phi) is 4.47. The molecule has 3 rings (SSSR count). The summed E-state index contributed by atoms with van der Waals surface area (Å²) in [5.74, 6) is -2.90. The van der Waals surface area contributed by atoms with Gasteiger partial charge in [0.2, 0.25) is 5.91 Å². The maximum Gasteiger partial charge on any atom is 0.311 e. The predicted molar refractivity (Wildman–Crippen MR) is 85.6 cm³/mol. The Morgan fingerprint density at radius 3 is 2.80 bits per heavy atom. The van der Waals surface area contributed by atoms with Gasteiger partial charge in [0.1, 0.15) is 5.82 Å². The molecule has 2 fully saturated rings. The lowest BCUT2D eigenvalue weighted by molar-refractivity contribution is -0.157. The van der Waals surface area contributed by atoms with E-state index in [1.54, 1.807) is 0 Å². The van der Waals surface area contributed by atoms with Crippen LogP contribution in [0.4, 0.5) is 10.1 Å². The first-order valence-electron chi connectivity index (χ1n) is 8.01. The molecule has 134 valence electrons. The normalized spacial score (nSPS) is 25.4. The lowest BCUT2D eigenvalue weighted by atomic mass is 9.74. The third kappa shape index (κ3) is 3.09. The van der Waals surface area contributed by atoms with Crippen molar-refractivity contribution < 1.29 is 28.6 Å². The van der Waals surface area contributed by atoms with E-state index in [9.17, 15) is 23.9 Å². The first-order chi connectivity index (χ1) is 11.8. The van der Waals surface area contributed by atoms with Gasteiger partial charge in [-0.2, -0.15) is 0 Å². The number of carboxylic acids is 1. The monoisotopic (exact) mass is 350 g/mol. The number of aliphatic carboxylic acids is 1. The molecule has 2 aliphatic rings. The van der Waals surface area contributed by atoms with Gasteiger partial charge in [-0.3, -0.25) is 14.4 Å². The number of likely N-dealkylation sites (tertiary alicyclic amines) is 1. The molecule has 2 heterocycles. The molecule has 2 N–H and O–H groups in total. The minimum Gasteiger partial charge on any atom is -0.481 e. The van der Waals surface area contributed by atoms with E-state index in [0.29, 0.717) is 18.7 Å². The second-order valence-corrected chi connectivity index (χ2v) is 6.54. The average molecular weight is 350 g/mol. The van der Waals surface area contributed by atoms with Gasteiger partial charge in [-0.1, -0.05) is 0 Å². The van der Waals surface area contributed by atoms with E-state index in [2.05, 4.69) is 5.32 Å². The van der Waals surface area contributed by atoms with Crippen LogP contribution < -0.4 is 5.32 Å². The number of fused-ring (bicyclic) bond motifs is 1. The summed E-state index contributed by atoms with van der Waals surface area (Å²) in [5, 5.41) is 12.2. The van der Waals surface area contributed by atoms with E-state index in [0.717, 1.165) is 6.07 Å². The summed E-state index contributed by atoms with van der Waals surface area (Å²) in [4.78, 5) is 37.1. The van der Waals surface area contributed by atoms with Crippen LogP contribution in [-0.4, -0.2) is 54.1 Å². The molecule has 0 radical (unpaired) electrons. The zero-order valence-corrected chi connectivity index (χ0v) is 13.8. The highest BCUT2D eigenvalue weighted by atomic mass is 19.1. The molecule has 1 aromatic rings. The number of hydrogen-bond donors (Lipinski definition) is 2. The molecule has 7 nitrogen and oxygen atoms in total. The van der Waals surface area contributed by atoms with Crippen LogP contribution in [0.25, 0.3) is 0 Å². The molecule has 0 spiro atoms. The zero-order valence-electron chi connectivity index (χ0n) is 13.8. The number of ether oxygens (including phenoxy) is 1. The lowest BCUT2D eigenvalue weighted by Gasteiger charge is -2.33. The molecule has 2 aliphatic heterocycles. The van der Waals surface area contributed by atoms with Crippen LogP contribution in [0.3, 0.4) is 0 Å². The van der Waals surface area contributed by atoms with Crippen molar-refractivity contribution in [3.8, 4) is 0 Å². The molecule has 1 aromatic carbocycles. The predicted octanol–water partition coefficient (Wildman–Crippen LogP) is 1.35. The van der Waals surface area contributed by atoms with Gasteiger partial charge in [-0.05, 0) is 24.6 Å². The zero-order chi connectivity index (χ0) is 18.2.